The van der Waals surface area contributed by atoms with Crippen molar-refractivity contribution in [1.29, 1.82) is 0 Å². The molecule has 0 aliphatic heterocycles. The Morgan fingerprint density at radius 1 is 0.900 bits per heavy atom. The maximum atomic E-state index is 5.18. The number of aromatic nitrogens is 1. The minimum absolute atomic E-state index is 0.855. The number of para-hydroxylation sites is 1. The molecule has 3 rings (SSSR count). The summed E-state index contributed by atoms with van der Waals surface area (Å²) in [6, 6.07) is 20.2. The molecule has 0 atom stereocenters. The van der Waals surface area contributed by atoms with E-state index >= 15 is 0 Å². The number of pyridine rings is 1. The molecule has 0 fully saturated rings. The molecule has 3 aromatic rings. The van der Waals surface area contributed by atoms with Crippen LogP contribution in [0.5, 0.6) is 5.75 Å². The highest BCUT2D eigenvalue weighted by atomic mass is 16.5. The number of fused-ring (bicyclic) bond motifs is 1. The molecule has 0 unspecified atom stereocenters. The Hall–Kier alpha value is -2.55. The van der Waals surface area contributed by atoms with Crippen LogP contribution in [-0.4, -0.2) is 19.1 Å². The molecule has 3 heteroatoms. The molecular weight excluding hydrogens is 248 g/mol. The Morgan fingerprint density at radius 3 is 2.40 bits per heavy atom. The monoisotopic (exact) mass is 264 g/mol. The fraction of sp³-hybridized carbons (Fsp3) is 0.118. The summed E-state index contributed by atoms with van der Waals surface area (Å²) in [6.45, 7) is 0. The number of nitrogens with zero attached hydrogens (tertiary/aromatic N) is 2. The van der Waals surface area contributed by atoms with Gasteiger partial charge in [0.15, 0.2) is 0 Å². The summed E-state index contributed by atoms with van der Waals surface area (Å²) in [5, 5.41) is 1.15. The topological polar surface area (TPSA) is 25.4 Å². The van der Waals surface area contributed by atoms with Crippen molar-refractivity contribution in [2.75, 3.05) is 19.1 Å². The van der Waals surface area contributed by atoms with E-state index in [0.29, 0.717) is 0 Å². The van der Waals surface area contributed by atoms with Crippen molar-refractivity contribution in [2.24, 2.45) is 0 Å². The molecule has 0 spiro atoms. The molecule has 1 heterocycles. The minimum Gasteiger partial charge on any atom is -0.497 e. The number of hydrogen-bond donors (Lipinski definition) is 0. The van der Waals surface area contributed by atoms with Gasteiger partial charge in [-0.2, -0.15) is 0 Å². The van der Waals surface area contributed by atoms with Crippen molar-refractivity contribution in [1.82, 2.24) is 4.98 Å². The summed E-state index contributed by atoms with van der Waals surface area (Å²) < 4.78 is 5.18. The van der Waals surface area contributed by atoms with Crippen LogP contribution in [0.25, 0.3) is 10.9 Å². The molecule has 0 saturated heterocycles. The van der Waals surface area contributed by atoms with Crippen LogP contribution in [-0.2, 0) is 0 Å². The van der Waals surface area contributed by atoms with E-state index in [2.05, 4.69) is 22.0 Å². The lowest BCUT2D eigenvalue weighted by Gasteiger charge is -2.19. The maximum Gasteiger partial charge on any atom is 0.133 e. The molecular formula is C17H16N2O. The second kappa shape index (κ2) is 5.21. The van der Waals surface area contributed by atoms with Gasteiger partial charge in [-0.3, -0.25) is 0 Å². The van der Waals surface area contributed by atoms with E-state index in [-0.39, 0.29) is 0 Å². The van der Waals surface area contributed by atoms with Crippen molar-refractivity contribution in [3.63, 3.8) is 0 Å². The molecule has 0 amide bonds. The zero-order valence-corrected chi connectivity index (χ0v) is 11.6. The molecule has 0 bridgehead atoms. The van der Waals surface area contributed by atoms with Gasteiger partial charge in [-0.25, -0.2) is 4.98 Å². The normalized spacial score (nSPS) is 10.5. The van der Waals surface area contributed by atoms with E-state index in [1.165, 1.54) is 0 Å². The van der Waals surface area contributed by atoms with Crippen molar-refractivity contribution in [3.8, 4) is 5.75 Å². The van der Waals surface area contributed by atoms with Crippen LogP contribution < -0.4 is 9.64 Å². The lowest BCUT2D eigenvalue weighted by molar-refractivity contribution is 0.415. The number of rotatable bonds is 3. The highest BCUT2D eigenvalue weighted by Crippen LogP contribution is 2.25. The number of methoxy groups -OCH3 is 1. The van der Waals surface area contributed by atoms with Crippen molar-refractivity contribution in [2.45, 2.75) is 0 Å². The summed E-state index contributed by atoms with van der Waals surface area (Å²) in [7, 11) is 3.68. The second-order valence-electron chi connectivity index (χ2n) is 4.62. The molecule has 3 nitrogen and oxygen atoms in total. The Bertz CT molecular complexity index is 722. The first kappa shape index (κ1) is 12.5. The Morgan fingerprint density at radius 2 is 1.65 bits per heavy atom. The average Bonchev–Trinajstić information content (AvgIpc) is 2.54. The van der Waals surface area contributed by atoms with E-state index in [1.807, 2.05) is 55.6 Å². The standard InChI is InChI=1S/C17H16N2O/c1-19(14-8-10-15(20-2)11-9-14)17-12-7-13-5-3-4-6-16(13)18-17/h3-12H,1-2H3. The van der Waals surface area contributed by atoms with Crippen LogP contribution in [0, 0.1) is 0 Å². The van der Waals surface area contributed by atoms with Crippen LogP contribution in [0.15, 0.2) is 60.7 Å². The number of benzene rings is 2. The van der Waals surface area contributed by atoms with Gasteiger partial charge in [0.25, 0.3) is 0 Å². The predicted molar refractivity (Wildman–Crippen MR) is 82.8 cm³/mol. The largest absolute Gasteiger partial charge is 0.497 e. The van der Waals surface area contributed by atoms with Gasteiger partial charge in [0.1, 0.15) is 11.6 Å². The summed E-state index contributed by atoms with van der Waals surface area (Å²) in [4.78, 5) is 6.75. The molecule has 0 saturated carbocycles. The van der Waals surface area contributed by atoms with Gasteiger partial charge in [0.05, 0.1) is 12.6 Å². The average molecular weight is 264 g/mol. The fourth-order valence-electron chi connectivity index (χ4n) is 2.18. The van der Waals surface area contributed by atoms with Gasteiger partial charge in [0, 0.05) is 18.1 Å². The van der Waals surface area contributed by atoms with E-state index < -0.39 is 0 Å². The second-order valence-corrected chi connectivity index (χ2v) is 4.62. The van der Waals surface area contributed by atoms with E-state index in [4.69, 9.17) is 4.74 Å². The third-order valence-electron chi connectivity index (χ3n) is 3.39. The zero-order chi connectivity index (χ0) is 13.9. The van der Waals surface area contributed by atoms with E-state index in [0.717, 1.165) is 28.2 Å². The molecule has 20 heavy (non-hydrogen) atoms. The van der Waals surface area contributed by atoms with Gasteiger partial charge >= 0.3 is 0 Å². The number of anilines is 2. The highest BCUT2D eigenvalue weighted by molar-refractivity contribution is 5.81. The molecule has 0 aliphatic rings. The fourth-order valence-corrected chi connectivity index (χ4v) is 2.18. The molecule has 2 aromatic carbocycles. The van der Waals surface area contributed by atoms with Crippen molar-refractivity contribution < 1.29 is 4.74 Å². The first-order valence-corrected chi connectivity index (χ1v) is 6.51. The van der Waals surface area contributed by atoms with Crippen LogP contribution in [0.2, 0.25) is 0 Å². The molecule has 100 valence electrons. The number of ether oxygens (including phenoxy) is 1. The smallest absolute Gasteiger partial charge is 0.133 e. The zero-order valence-electron chi connectivity index (χ0n) is 11.6. The third-order valence-corrected chi connectivity index (χ3v) is 3.39. The maximum absolute atomic E-state index is 5.18. The van der Waals surface area contributed by atoms with Crippen LogP contribution in [0.1, 0.15) is 0 Å². The Balaban J connectivity index is 1.96. The van der Waals surface area contributed by atoms with E-state index in [9.17, 15) is 0 Å². The quantitative estimate of drug-likeness (QED) is 0.714. The van der Waals surface area contributed by atoms with Crippen molar-refractivity contribution >= 4 is 22.4 Å². The van der Waals surface area contributed by atoms with E-state index in [1.54, 1.807) is 7.11 Å². The Labute approximate surface area is 118 Å². The summed E-state index contributed by atoms with van der Waals surface area (Å²) >= 11 is 0. The van der Waals surface area contributed by atoms with Crippen LogP contribution in [0.3, 0.4) is 0 Å². The first-order chi connectivity index (χ1) is 9.78. The molecule has 0 aliphatic carbocycles. The lowest BCUT2D eigenvalue weighted by atomic mass is 10.2. The summed E-state index contributed by atoms with van der Waals surface area (Å²) in [5.74, 6) is 1.78. The lowest BCUT2D eigenvalue weighted by Crippen LogP contribution is -2.10. The van der Waals surface area contributed by atoms with Crippen LogP contribution >= 0.6 is 0 Å². The minimum atomic E-state index is 0.855. The van der Waals surface area contributed by atoms with Gasteiger partial charge in [-0.1, -0.05) is 18.2 Å². The Kier molecular flexibility index (Phi) is 3.25. The van der Waals surface area contributed by atoms with Crippen LogP contribution in [0.4, 0.5) is 11.5 Å². The molecule has 0 radical (unpaired) electrons. The number of hydrogen-bond acceptors (Lipinski definition) is 3. The van der Waals surface area contributed by atoms with Crippen molar-refractivity contribution in [3.05, 3.63) is 60.7 Å². The van der Waals surface area contributed by atoms with Gasteiger partial charge in [-0.15, -0.1) is 0 Å². The SMILES string of the molecule is COc1ccc(N(C)c2ccc3ccccc3n2)cc1. The van der Waals surface area contributed by atoms with Gasteiger partial charge in [0.2, 0.25) is 0 Å². The summed E-state index contributed by atoms with van der Waals surface area (Å²) in [5.41, 5.74) is 2.08. The highest BCUT2D eigenvalue weighted by Gasteiger charge is 2.06. The first-order valence-electron chi connectivity index (χ1n) is 6.51. The molecule has 0 N–H and O–H groups in total. The summed E-state index contributed by atoms with van der Waals surface area (Å²) in [6.07, 6.45) is 0. The predicted octanol–water partition coefficient (Wildman–Crippen LogP) is 4.01. The third kappa shape index (κ3) is 2.30. The van der Waals surface area contributed by atoms with Gasteiger partial charge in [-0.05, 0) is 42.5 Å². The van der Waals surface area contributed by atoms with Gasteiger partial charge < -0.3 is 9.64 Å². The molecule has 1 aromatic heterocycles.